The lowest BCUT2D eigenvalue weighted by Gasteiger charge is -2.09. The number of carbonyl (C=O) groups excluding carboxylic acids is 3. The lowest BCUT2D eigenvalue weighted by Crippen LogP contribution is -2.15. The molecule has 9 heteroatoms. The fourth-order valence-corrected chi connectivity index (χ4v) is 3.30. The number of ether oxygens (including phenoxy) is 2. The summed E-state index contributed by atoms with van der Waals surface area (Å²) in [6, 6.07) is 20.4. The molecule has 184 valence electrons. The van der Waals surface area contributed by atoms with Crippen LogP contribution in [0.5, 0.6) is 0 Å². The van der Waals surface area contributed by atoms with Gasteiger partial charge in [-0.15, -0.1) is 0 Å². The van der Waals surface area contributed by atoms with Gasteiger partial charge in [0, 0.05) is 5.69 Å². The number of nitrogens with zero attached hydrogens (tertiary/aromatic N) is 1. The minimum absolute atomic E-state index is 0.00568. The number of aromatic carboxylic acids is 1. The average molecular weight is 488 g/mol. The number of isocyanates is 1. The smallest absolute Gasteiger partial charge is 0.411 e. The summed E-state index contributed by atoms with van der Waals surface area (Å²) < 4.78 is 10.3. The molecule has 3 aromatic carbocycles. The second kappa shape index (κ2) is 13.2. The Hall–Kier alpha value is -4.75. The van der Waals surface area contributed by atoms with E-state index in [0.29, 0.717) is 30.6 Å². The van der Waals surface area contributed by atoms with Crippen molar-refractivity contribution in [2.24, 2.45) is 4.99 Å². The van der Waals surface area contributed by atoms with Crippen LogP contribution in [-0.4, -0.2) is 42.4 Å². The first-order valence-electron chi connectivity index (χ1n) is 11.2. The van der Waals surface area contributed by atoms with Crippen molar-refractivity contribution in [3.8, 4) is 0 Å². The summed E-state index contributed by atoms with van der Waals surface area (Å²) in [6.07, 6.45) is 2.51. The Balaban J connectivity index is 1.34. The number of esters is 1. The number of unbranched alkanes of at least 4 members (excludes halogenated alkanes) is 1. The van der Waals surface area contributed by atoms with Crippen LogP contribution in [0.4, 0.5) is 16.2 Å². The van der Waals surface area contributed by atoms with Gasteiger partial charge in [-0.25, -0.2) is 19.2 Å². The zero-order valence-electron chi connectivity index (χ0n) is 19.3. The summed E-state index contributed by atoms with van der Waals surface area (Å²) in [6.45, 7) is 0.212. The van der Waals surface area contributed by atoms with E-state index >= 15 is 0 Å². The number of benzene rings is 3. The van der Waals surface area contributed by atoms with Crippen molar-refractivity contribution < 1.29 is 33.8 Å². The van der Waals surface area contributed by atoms with Crippen molar-refractivity contribution in [2.75, 3.05) is 18.5 Å². The molecule has 0 aliphatic carbocycles. The number of carboxylic acid groups (broad SMARTS) is 1. The molecule has 3 rings (SSSR count). The molecule has 0 atom stereocenters. The molecule has 3 aromatic rings. The zero-order chi connectivity index (χ0) is 25.8. The van der Waals surface area contributed by atoms with E-state index in [2.05, 4.69) is 10.3 Å². The third kappa shape index (κ3) is 7.93. The second-order valence-electron chi connectivity index (χ2n) is 7.70. The number of amides is 1. The Morgan fingerprint density at radius 2 is 1.39 bits per heavy atom. The molecule has 0 spiro atoms. The molecule has 9 nitrogen and oxygen atoms in total. The molecule has 1 amide bonds. The highest BCUT2D eigenvalue weighted by atomic mass is 16.5. The largest absolute Gasteiger partial charge is 0.478 e. The van der Waals surface area contributed by atoms with Gasteiger partial charge < -0.3 is 14.6 Å². The Morgan fingerprint density at radius 3 is 2.00 bits per heavy atom. The summed E-state index contributed by atoms with van der Waals surface area (Å²) in [4.78, 5) is 49.1. The molecule has 36 heavy (non-hydrogen) atoms. The van der Waals surface area contributed by atoms with E-state index in [-0.39, 0.29) is 24.3 Å². The normalized spacial score (nSPS) is 10.1. The fraction of sp³-hybridized carbons (Fsp3) is 0.185. The highest BCUT2D eigenvalue weighted by molar-refractivity contribution is 6.02. The van der Waals surface area contributed by atoms with E-state index in [1.807, 2.05) is 24.3 Å². The van der Waals surface area contributed by atoms with E-state index < -0.39 is 18.0 Å². The van der Waals surface area contributed by atoms with Gasteiger partial charge in [0.05, 0.1) is 30.0 Å². The van der Waals surface area contributed by atoms with E-state index in [1.54, 1.807) is 30.3 Å². The van der Waals surface area contributed by atoms with Crippen LogP contribution in [0.3, 0.4) is 0 Å². The minimum Gasteiger partial charge on any atom is -0.478 e. The summed E-state index contributed by atoms with van der Waals surface area (Å²) in [5, 5.41) is 11.8. The quantitative estimate of drug-likeness (QED) is 0.166. The Labute approximate surface area is 207 Å². The first-order chi connectivity index (χ1) is 17.5. The predicted molar refractivity (Wildman–Crippen MR) is 131 cm³/mol. The summed E-state index contributed by atoms with van der Waals surface area (Å²) >= 11 is 0. The Kier molecular flexibility index (Phi) is 9.50. The van der Waals surface area contributed by atoms with Crippen molar-refractivity contribution in [1.82, 2.24) is 0 Å². The third-order valence-electron chi connectivity index (χ3n) is 5.10. The standard InChI is InChI=1S/C27H24N2O7/c30-18-28-21-11-7-19(8-12-21)17-20-9-13-22(14-10-20)29-27(34)36-16-4-3-15-35-26(33)24-6-2-1-5-23(24)25(31)32/h1-2,5-14H,3-4,15-17H2,(H,29,34)(H,31,32). The number of carbonyl (C=O) groups is 3. The summed E-state index contributed by atoms with van der Waals surface area (Å²) in [7, 11) is 0. The summed E-state index contributed by atoms with van der Waals surface area (Å²) in [5.41, 5.74) is 3.11. The molecule has 0 aliphatic rings. The lowest BCUT2D eigenvalue weighted by molar-refractivity contribution is 0.0480. The summed E-state index contributed by atoms with van der Waals surface area (Å²) in [5.74, 6) is -1.91. The van der Waals surface area contributed by atoms with Gasteiger partial charge in [0.25, 0.3) is 0 Å². The maximum atomic E-state index is 12.1. The van der Waals surface area contributed by atoms with Crippen LogP contribution in [-0.2, 0) is 20.7 Å². The number of rotatable bonds is 11. The van der Waals surface area contributed by atoms with Gasteiger partial charge in [0.15, 0.2) is 0 Å². The number of hydrogen-bond acceptors (Lipinski definition) is 7. The fourth-order valence-electron chi connectivity index (χ4n) is 3.30. The molecule has 0 aromatic heterocycles. The van der Waals surface area contributed by atoms with Crippen molar-refractivity contribution in [3.63, 3.8) is 0 Å². The topological polar surface area (TPSA) is 131 Å². The highest BCUT2D eigenvalue weighted by Crippen LogP contribution is 2.17. The number of nitrogens with one attached hydrogen (secondary N) is 1. The molecule has 0 fully saturated rings. The molecule has 0 heterocycles. The molecule has 0 unspecified atom stereocenters. The molecule has 0 saturated heterocycles. The number of hydrogen-bond donors (Lipinski definition) is 2. The van der Waals surface area contributed by atoms with Gasteiger partial charge in [0.1, 0.15) is 0 Å². The van der Waals surface area contributed by atoms with E-state index in [9.17, 15) is 19.2 Å². The van der Waals surface area contributed by atoms with Crippen LogP contribution >= 0.6 is 0 Å². The monoisotopic (exact) mass is 488 g/mol. The molecular weight excluding hydrogens is 464 g/mol. The number of carboxylic acids is 1. The van der Waals surface area contributed by atoms with E-state index in [0.717, 1.165) is 11.1 Å². The number of anilines is 1. The van der Waals surface area contributed by atoms with Gasteiger partial charge in [-0.05, 0) is 66.8 Å². The Morgan fingerprint density at radius 1 is 0.806 bits per heavy atom. The van der Waals surface area contributed by atoms with E-state index in [4.69, 9.17) is 14.6 Å². The lowest BCUT2D eigenvalue weighted by atomic mass is 10.0. The van der Waals surface area contributed by atoms with Gasteiger partial charge in [0.2, 0.25) is 6.08 Å². The van der Waals surface area contributed by atoms with Crippen molar-refractivity contribution in [2.45, 2.75) is 19.3 Å². The van der Waals surface area contributed by atoms with E-state index in [1.165, 1.54) is 24.3 Å². The molecule has 2 N–H and O–H groups in total. The van der Waals surface area contributed by atoms with Crippen LogP contribution < -0.4 is 5.32 Å². The second-order valence-corrected chi connectivity index (χ2v) is 7.70. The molecule has 0 bridgehead atoms. The van der Waals surface area contributed by atoms with Gasteiger partial charge >= 0.3 is 18.0 Å². The SMILES string of the molecule is O=C=Nc1ccc(Cc2ccc(NC(=O)OCCCCOC(=O)c3ccccc3C(=O)O)cc2)cc1. The van der Waals surface area contributed by atoms with Gasteiger partial charge in [-0.2, -0.15) is 4.99 Å². The maximum Gasteiger partial charge on any atom is 0.411 e. The number of aliphatic imine (C=N–C) groups is 1. The van der Waals surface area contributed by atoms with Crippen LogP contribution in [0.2, 0.25) is 0 Å². The third-order valence-corrected chi connectivity index (χ3v) is 5.10. The molecule has 0 saturated carbocycles. The average Bonchev–Trinajstić information content (AvgIpc) is 2.88. The predicted octanol–water partition coefficient (Wildman–Crippen LogP) is 5.13. The highest BCUT2D eigenvalue weighted by Gasteiger charge is 2.16. The molecular formula is C27H24N2O7. The Bertz CT molecular complexity index is 1250. The van der Waals surface area contributed by atoms with Crippen molar-refractivity contribution in [1.29, 1.82) is 0 Å². The van der Waals surface area contributed by atoms with Crippen LogP contribution in [0, 0.1) is 0 Å². The maximum absolute atomic E-state index is 12.1. The first kappa shape index (κ1) is 25.9. The first-order valence-corrected chi connectivity index (χ1v) is 11.2. The van der Waals surface area contributed by atoms with Crippen LogP contribution in [0.25, 0.3) is 0 Å². The minimum atomic E-state index is -1.20. The molecule has 0 aliphatic heterocycles. The van der Waals surface area contributed by atoms with Crippen molar-refractivity contribution in [3.05, 3.63) is 95.1 Å². The zero-order valence-corrected chi connectivity index (χ0v) is 19.3. The van der Waals surface area contributed by atoms with Crippen molar-refractivity contribution >= 4 is 35.5 Å². The van der Waals surface area contributed by atoms with Gasteiger partial charge in [-0.3, -0.25) is 5.32 Å². The molecule has 0 radical (unpaired) electrons. The van der Waals surface area contributed by atoms with Gasteiger partial charge in [-0.1, -0.05) is 36.4 Å². The van der Waals surface area contributed by atoms with Crippen LogP contribution in [0.15, 0.2) is 77.8 Å². The van der Waals surface area contributed by atoms with Crippen LogP contribution in [0.1, 0.15) is 44.7 Å².